The number of nitro groups is 1. The van der Waals surface area contributed by atoms with Gasteiger partial charge >= 0.3 is 0 Å². The molecule has 102 valence electrons. The lowest BCUT2D eigenvalue weighted by atomic mass is 10.2. The van der Waals surface area contributed by atoms with Gasteiger partial charge in [0.25, 0.3) is 5.69 Å². The van der Waals surface area contributed by atoms with E-state index >= 15 is 0 Å². The van der Waals surface area contributed by atoms with Crippen LogP contribution in [-0.4, -0.2) is 24.7 Å². The lowest BCUT2D eigenvalue weighted by Crippen LogP contribution is -2.07. The Labute approximate surface area is 120 Å². The first kappa shape index (κ1) is 15.4. The summed E-state index contributed by atoms with van der Waals surface area (Å²) in [6.07, 6.45) is 4.68. The third-order valence-electron chi connectivity index (χ3n) is 2.40. The molecule has 0 aliphatic heterocycles. The molecule has 1 aromatic rings. The molecule has 0 aromatic heterocycles. The Hall–Kier alpha value is -1.69. The first-order valence-electron chi connectivity index (χ1n) is 5.87. The normalized spacial score (nSPS) is 11.8. The van der Waals surface area contributed by atoms with E-state index in [9.17, 15) is 10.1 Å². The van der Waals surface area contributed by atoms with Crippen LogP contribution in [0.25, 0.3) is 0 Å². The summed E-state index contributed by atoms with van der Waals surface area (Å²) in [7, 11) is 1.70. The van der Waals surface area contributed by atoms with Crippen molar-refractivity contribution in [2.45, 2.75) is 13.3 Å². The summed E-state index contributed by atoms with van der Waals surface area (Å²) < 4.78 is 0.684. The molecule has 1 rings (SSSR count). The Morgan fingerprint density at radius 3 is 2.89 bits per heavy atom. The topological polar surface area (TPSA) is 67.5 Å². The Kier molecular flexibility index (Phi) is 6.21. The summed E-state index contributed by atoms with van der Waals surface area (Å²) in [6.45, 7) is 2.54. The fourth-order valence-electron chi connectivity index (χ4n) is 1.60. The number of hydrogen-bond acceptors (Lipinski definition) is 4. The Morgan fingerprint density at radius 2 is 2.32 bits per heavy atom. The summed E-state index contributed by atoms with van der Waals surface area (Å²) in [6, 6.07) is 4.95. The minimum absolute atomic E-state index is 0.0543. The maximum absolute atomic E-state index is 11.0. The number of halogens is 1. The minimum atomic E-state index is -0.399. The fraction of sp³-hybridized carbons (Fsp3) is 0.308. The van der Waals surface area contributed by atoms with Gasteiger partial charge in [0, 0.05) is 30.3 Å². The Bertz CT molecular complexity index is 513. The molecule has 19 heavy (non-hydrogen) atoms. The van der Waals surface area contributed by atoms with E-state index in [0.29, 0.717) is 16.7 Å². The van der Waals surface area contributed by atoms with Crippen LogP contribution >= 0.6 is 15.9 Å². The number of nitro benzene ring substituents is 1. The van der Waals surface area contributed by atoms with Gasteiger partial charge in [-0.2, -0.15) is 0 Å². The molecule has 0 atom stereocenters. The van der Waals surface area contributed by atoms with Crippen molar-refractivity contribution in [1.82, 2.24) is 0 Å². The number of rotatable bonds is 6. The molecule has 0 heterocycles. The lowest BCUT2D eigenvalue weighted by Gasteiger charge is -2.08. The third-order valence-corrected chi connectivity index (χ3v) is 2.89. The molecule has 6 heteroatoms. The van der Waals surface area contributed by atoms with E-state index < -0.39 is 4.92 Å². The van der Waals surface area contributed by atoms with Crippen LogP contribution in [-0.2, 0) is 0 Å². The second-order valence-electron chi connectivity index (χ2n) is 3.85. The van der Waals surface area contributed by atoms with Gasteiger partial charge in [0.2, 0.25) is 0 Å². The molecule has 0 fully saturated rings. The van der Waals surface area contributed by atoms with Crippen LogP contribution in [0.15, 0.2) is 39.3 Å². The zero-order valence-corrected chi connectivity index (χ0v) is 12.5. The van der Waals surface area contributed by atoms with Gasteiger partial charge in [-0.3, -0.25) is 15.1 Å². The van der Waals surface area contributed by atoms with Crippen LogP contribution in [0.2, 0.25) is 0 Å². The van der Waals surface area contributed by atoms with Crippen LogP contribution in [0, 0.1) is 10.1 Å². The van der Waals surface area contributed by atoms with Gasteiger partial charge < -0.3 is 5.32 Å². The first-order chi connectivity index (χ1) is 9.08. The highest BCUT2D eigenvalue weighted by Crippen LogP contribution is 2.27. The van der Waals surface area contributed by atoms with E-state index in [1.165, 1.54) is 6.07 Å². The van der Waals surface area contributed by atoms with E-state index in [1.54, 1.807) is 25.4 Å². The SMILES string of the molecule is CC/C=C(\C=NC)CNc1ccc(Br)cc1[N+](=O)[O-]. The molecule has 0 spiro atoms. The zero-order valence-electron chi connectivity index (χ0n) is 10.9. The van der Waals surface area contributed by atoms with Gasteiger partial charge in [-0.1, -0.05) is 28.9 Å². The molecule has 0 aliphatic carbocycles. The average molecular weight is 326 g/mol. The number of hydrogen-bond donors (Lipinski definition) is 1. The van der Waals surface area contributed by atoms with E-state index in [2.05, 4.69) is 26.2 Å². The second kappa shape index (κ2) is 7.68. The maximum atomic E-state index is 11.0. The second-order valence-corrected chi connectivity index (χ2v) is 4.76. The monoisotopic (exact) mass is 325 g/mol. The van der Waals surface area contributed by atoms with Gasteiger partial charge in [0.15, 0.2) is 0 Å². The Morgan fingerprint density at radius 1 is 1.58 bits per heavy atom. The Balaban J connectivity index is 2.88. The molecule has 0 unspecified atom stereocenters. The van der Waals surface area contributed by atoms with Crippen LogP contribution in [0.1, 0.15) is 13.3 Å². The number of aliphatic imine (C=N–C) groups is 1. The number of nitrogens with one attached hydrogen (secondary N) is 1. The molecule has 5 nitrogen and oxygen atoms in total. The van der Waals surface area contributed by atoms with Gasteiger partial charge in [-0.25, -0.2) is 0 Å². The number of benzene rings is 1. The predicted octanol–water partition coefficient (Wildman–Crippen LogP) is 3.81. The van der Waals surface area contributed by atoms with Gasteiger partial charge in [0.1, 0.15) is 5.69 Å². The zero-order chi connectivity index (χ0) is 14.3. The number of allylic oxidation sites excluding steroid dienone is 1. The molecule has 0 amide bonds. The summed E-state index contributed by atoms with van der Waals surface area (Å²) in [5.74, 6) is 0. The molecule has 0 saturated heterocycles. The fourth-order valence-corrected chi connectivity index (χ4v) is 1.95. The highest BCUT2D eigenvalue weighted by atomic mass is 79.9. The van der Waals surface area contributed by atoms with Gasteiger partial charge in [0.05, 0.1) is 4.92 Å². The first-order valence-corrected chi connectivity index (χ1v) is 6.66. The highest BCUT2D eigenvalue weighted by molar-refractivity contribution is 9.10. The molecule has 0 bridgehead atoms. The van der Waals surface area contributed by atoms with Crippen molar-refractivity contribution in [2.24, 2.45) is 4.99 Å². The molecule has 0 radical (unpaired) electrons. The molecule has 0 saturated carbocycles. The van der Waals surface area contributed by atoms with Crippen molar-refractivity contribution < 1.29 is 4.92 Å². The van der Waals surface area contributed by atoms with Crippen molar-refractivity contribution >= 4 is 33.5 Å². The van der Waals surface area contributed by atoms with Crippen molar-refractivity contribution in [3.63, 3.8) is 0 Å². The maximum Gasteiger partial charge on any atom is 0.293 e. The summed E-state index contributed by atoms with van der Waals surface area (Å²) in [5, 5.41) is 14.0. The van der Waals surface area contributed by atoms with Crippen molar-refractivity contribution in [2.75, 3.05) is 18.9 Å². The van der Waals surface area contributed by atoms with Crippen LogP contribution in [0.4, 0.5) is 11.4 Å². The summed E-state index contributed by atoms with van der Waals surface area (Å²) in [4.78, 5) is 14.5. The van der Waals surface area contributed by atoms with E-state index in [1.807, 2.05) is 13.0 Å². The lowest BCUT2D eigenvalue weighted by molar-refractivity contribution is -0.384. The van der Waals surface area contributed by atoms with Crippen molar-refractivity contribution in [3.05, 3.63) is 44.4 Å². The van der Waals surface area contributed by atoms with Gasteiger partial charge in [-0.05, 0) is 24.1 Å². The van der Waals surface area contributed by atoms with E-state index in [0.717, 1.165) is 12.0 Å². The predicted molar refractivity (Wildman–Crippen MR) is 82.1 cm³/mol. The number of nitrogens with zero attached hydrogens (tertiary/aromatic N) is 2. The van der Waals surface area contributed by atoms with Crippen LogP contribution < -0.4 is 5.32 Å². The summed E-state index contributed by atoms with van der Waals surface area (Å²) in [5.41, 5.74) is 1.56. The van der Waals surface area contributed by atoms with E-state index in [-0.39, 0.29) is 5.69 Å². The van der Waals surface area contributed by atoms with Crippen LogP contribution in [0.5, 0.6) is 0 Å². The third kappa shape index (κ3) is 4.82. The average Bonchev–Trinajstić information content (AvgIpc) is 2.37. The number of anilines is 1. The minimum Gasteiger partial charge on any atom is -0.375 e. The van der Waals surface area contributed by atoms with Crippen molar-refractivity contribution in [1.29, 1.82) is 0 Å². The molecule has 1 N–H and O–H groups in total. The highest BCUT2D eigenvalue weighted by Gasteiger charge is 2.13. The molecule has 0 aliphatic rings. The largest absolute Gasteiger partial charge is 0.375 e. The molecular weight excluding hydrogens is 310 g/mol. The standard InChI is InChI=1S/C13H16BrN3O2/c1-3-4-10(8-15-2)9-16-12-6-5-11(14)7-13(12)17(18)19/h4-8,16H,3,9H2,1-2H3/b10-4+,15-8?. The molecular formula is C13H16BrN3O2. The van der Waals surface area contributed by atoms with E-state index in [4.69, 9.17) is 0 Å². The van der Waals surface area contributed by atoms with Gasteiger partial charge in [-0.15, -0.1) is 0 Å². The summed E-state index contributed by atoms with van der Waals surface area (Å²) >= 11 is 3.23. The smallest absolute Gasteiger partial charge is 0.293 e. The molecule has 1 aromatic carbocycles. The van der Waals surface area contributed by atoms with Crippen molar-refractivity contribution in [3.8, 4) is 0 Å². The van der Waals surface area contributed by atoms with Crippen LogP contribution in [0.3, 0.4) is 0 Å². The quantitative estimate of drug-likeness (QED) is 0.491.